The van der Waals surface area contributed by atoms with E-state index in [0.717, 1.165) is 29.5 Å². The molecule has 0 saturated carbocycles. The van der Waals surface area contributed by atoms with E-state index in [0.29, 0.717) is 46.8 Å². The van der Waals surface area contributed by atoms with E-state index in [9.17, 15) is 14.7 Å². The first kappa shape index (κ1) is 28.8. The van der Waals surface area contributed by atoms with Crippen LogP contribution in [0.5, 0.6) is 5.75 Å². The van der Waals surface area contributed by atoms with Crippen LogP contribution in [0.25, 0.3) is 11.3 Å². The number of aromatic nitrogens is 2. The molecule has 2 unspecified atom stereocenters. The number of hydrogen-bond donors (Lipinski definition) is 3. The zero-order valence-electron chi connectivity index (χ0n) is 23.3. The number of carbonyl (C=O) groups is 2. The highest BCUT2D eigenvalue weighted by Crippen LogP contribution is 2.33. The molecule has 3 N–H and O–H groups in total. The first-order valence-electron chi connectivity index (χ1n) is 13.7. The molecule has 1 aromatic heterocycles. The number of benzene rings is 2. The number of fused-ring (bicyclic) bond motifs is 1. The predicted molar refractivity (Wildman–Crippen MR) is 155 cm³/mol. The molecule has 1 fully saturated rings. The summed E-state index contributed by atoms with van der Waals surface area (Å²) in [4.78, 5) is 37.2. The fourth-order valence-corrected chi connectivity index (χ4v) is 5.51. The number of hydrogen-bond acceptors (Lipinski definition) is 8. The van der Waals surface area contributed by atoms with E-state index in [-0.39, 0.29) is 24.5 Å². The van der Waals surface area contributed by atoms with Crippen LogP contribution in [0.3, 0.4) is 0 Å². The number of methoxy groups -OCH3 is 1. The second-order valence-electron chi connectivity index (χ2n) is 10.4. The topological polar surface area (TPSA) is 126 Å². The van der Waals surface area contributed by atoms with Gasteiger partial charge in [0, 0.05) is 36.9 Å². The van der Waals surface area contributed by atoms with Crippen molar-refractivity contribution in [3.8, 4) is 17.0 Å². The predicted octanol–water partition coefficient (Wildman–Crippen LogP) is 3.90. The average Bonchev–Trinajstić information content (AvgIpc) is 3.30. The van der Waals surface area contributed by atoms with Gasteiger partial charge in [0.05, 0.1) is 36.7 Å². The van der Waals surface area contributed by atoms with E-state index in [1.165, 1.54) is 4.90 Å². The summed E-state index contributed by atoms with van der Waals surface area (Å²) in [5, 5.41) is 16.8. The Labute approximate surface area is 244 Å². The summed E-state index contributed by atoms with van der Waals surface area (Å²) in [5.74, 6) is 0.363. The zero-order valence-corrected chi connectivity index (χ0v) is 24.1. The van der Waals surface area contributed by atoms with E-state index >= 15 is 0 Å². The van der Waals surface area contributed by atoms with Crippen molar-refractivity contribution in [1.82, 2.24) is 20.2 Å². The molecule has 0 aliphatic carbocycles. The van der Waals surface area contributed by atoms with Crippen LogP contribution in [0.4, 0.5) is 5.95 Å². The average molecular weight is 580 g/mol. The van der Waals surface area contributed by atoms with Gasteiger partial charge in [0.1, 0.15) is 11.8 Å². The Morgan fingerprint density at radius 2 is 2.02 bits per heavy atom. The van der Waals surface area contributed by atoms with E-state index in [1.54, 1.807) is 19.4 Å². The van der Waals surface area contributed by atoms with Crippen molar-refractivity contribution >= 4 is 29.4 Å². The summed E-state index contributed by atoms with van der Waals surface area (Å²) in [6.45, 7) is 4.88. The second kappa shape index (κ2) is 12.4. The molecule has 1 saturated heterocycles. The SMILES string of the molecule is COc1ccc(C)c(C(C)NC(=O)C(CO)N2Cc3ccc(-c4nc(NC5CCOCC5)ncc4Cl)cc3C2=O)c1. The van der Waals surface area contributed by atoms with Gasteiger partial charge in [-0.3, -0.25) is 9.59 Å². The maximum Gasteiger partial charge on any atom is 0.255 e. The largest absolute Gasteiger partial charge is 0.497 e. The van der Waals surface area contributed by atoms with Crippen molar-refractivity contribution in [3.63, 3.8) is 0 Å². The summed E-state index contributed by atoms with van der Waals surface area (Å²) < 4.78 is 10.7. The lowest BCUT2D eigenvalue weighted by Gasteiger charge is -2.27. The number of rotatable bonds is 9. The lowest BCUT2D eigenvalue weighted by Crippen LogP contribution is -2.49. The number of nitrogens with one attached hydrogen (secondary N) is 2. The smallest absolute Gasteiger partial charge is 0.255 e. The van der Waals surface area contributed by atoms with Gasteiger partial charge in [-0.15, -0.1) is 0 Å². The third kappa shape index (κ3) is 6.14. The van der Waals surface area contributed by atoms with Gasteiger partial charge in [0.25, 0.3) is 5.91 Å². The van der Waals surface area contributed by atoms with E-state index in [4.69, 9.17) is 21.1 Å². The van der Waals surface area contributed by atoms with Gasteiger partial charge in [0.15, 0.2) is 0 Å². The first-order valence-corrected chi connectivity index (χ1v) is 14.0. The summed E-state index contributed by atoms with van der Waals surface area (Å²) in [6, 6.07) is 9.87. The summed E-state index contributed by atoms with van der Waals surface area (Å²) in [5.41, 5.74) is 4.25. The highest BCUT2D eigenvalue weighted by molar-refractivity contribution is 6.33. The molecule has 3 heterocycles. The minimum atomic E-state index is -1.05. The van der Waals surface area contributed by atoms with Crippen LogP contribution >= 0.6 is 11.6 Å². The summed E-state index contributed by atoms with van der Waals surface area (Å²) in [7, 11) is 1.59. The van der Waals surface area contributed by atoms with Crippen LogP contribution in [0.1, 0.15) is 52.9 Å². The molecule has 10 nitrogen and oxygen atoms in total. The van der Waals surface area contributed by atoms with E-state index < -0.39 is 18.6 Å². The quantitative estimate of drug-likeness (QED) is 0.348. The molecule has 3 aromatic rings. The molecule has 2 atom stereocenters. The van der Waals surface area contributed by atoms with Crippen LogP contribution in [0.2, 0.25) is 5.02 Å². The van der Waals surface area contributed by atoms with Gasteiger partial charge in [-0.25, -0.2) is 9.97 Å². The number of carbonyl (C=O) groups excluding carboxylic acids is 2. The molecule has 41 heavy (non-hydrogen) atoms. The Morgan fingerprint density at radius 1 is 1.24 bits per heavy atom. The number of nitrogens with zero attached hydrogens (tertiary/aromatic N) is 3. The van der Waals surface area contributed by atoms with Gasteiger partial charge < -0.3 is 30.1 Å². The Morgan fingerprint density at radius 3 is 2.76 bits per heavy atom. The Hall–Kier alpha value is -3.73. The molecular formula is C30H34ClN5O5. The molecule has 2 aliphatic rings. The number of aliphatic hydroxyl groups is 1. The lowest BCUT2D eigenvalue weighted by molar-refractivity contribution is -0.127. The van der Waals surface area contributed by atoms with Gasteiger partial charge in [-0.2, -0.15) is 0 Å². The Balaban J connectivity index is 1.32. The normalized spacial score (nSPS) is 16.7. The highest BCUT2D eigenvalue weighted by atomic mass is 35.5. The third-order valence-corrected chi connectivity index (χ3v) is 7.95. The molecule has 0 radical (unpaired) electrons. The van der Waals surface area contributed by atoms with E-state index in [1.807, 2.05) is 44.2 Å². The number of halogens is 1. The fraction of sp³-hybridized carbons (Fsp3) is 0.400. The number of ether oxygens (including phenoxy) is 2. The van der Waals surface area contributed by atoms with Crippen molar-refractivity contribution in [2.24, 2.45) is 0 Å². The summed E-state index contributed by atoms with van der Waals surface area (Å²) in [6.07, 6.45) is 3.27. The molecule has 2 aromatic carbocycles. The van der Waals surface area contributed by atoms with Gasteiger partial charge in [0.2, 0.25) is 11.9 Å². The number of amides is 2. The number of anilines is 1. The standard InChI is InChI=1S/C30H34ClN5O5/c1-17-4-7-22(40-3)13-23(17)18(2)33-28(38)26(16-37)36-15-20-6-5-19(12-24(20)29(36)39)27-25(31)14-32-30(35-27)34-21-8-10-41-11-9-21/h4-7,12-14,18,21,26,37H,8-11,15-16H2,1-3H3,(H,33,38)(H,32,34,35). The highest BCUT2D eigenvalue weighted by Gasteiger charge is 2.37. The molecular weight excluding hydrogens is 546 g/mol. The summed E-state index contributed by atoms with van der Waals surface area (Å²) >= 11 is 6.47. The second-order valence-corrected chi connectivity index (χ2v) is 10.8. The van der Waals surface area contributed by atoms with Crippen molar-refractivity contribution in [3.05, 3.63) is 69.9 Å². The maximum absolute atomic E-state index is 13.5. The van der Waals surface area contributed by atoms with Crippen molar-refractivity contribution in [1.29, 1.82) is 0 Å². The lowest BCUT2D eigenvalue weighted by atomic mass is 10.0. The molecule has 11 heteroatoms. The first-order chi connectivity index (χ1) is 19.8. The van der Waals surface area contributed by atoms with Gasteiger partial charge in [-0.1, -0.05) is 29.8 Å². The van der Waals surface area contributed by atoms with Crippen molar-refractivity contribution < 1.29 is 24.2 Å². The van der Waals surface area contributed by atoms with Crippen LogP contribution in [0, 0.1) is 6.92 Å². The number of aryl methyl sites for hydroxylation is 1. The monoisotopic (exact) mass is 579 g/mol. The molecule has 216 valence electrons. The molecule has 0 spiro atoms. The minimum absolute atomic E-state index is 0.202. The molecule has 2 aliphatic heterocycles. The van der Waals surface area contributed by atoms with Crippen LogP contribution < -0.4 is 15.4 Å². The van der Waals surface area contributed by atoms with Crippen LogP contribution in [-0.4, -0.2) is 70.8 Å². The maximum atomic E-state index is 13.5. The van der Waals surface area contributed by atoms with Crippen molar-refractivity contribution in [2.75, 3.05) is 32.2 Å². The molecule has 2 amide bonds. The molecule has 5 rings (SSSR count). The fourth-order valence-electron chi connectivity index (χ4n) is 5.31. The van der Waals surface area contributed by atoms with Gasteiger partial charge in [-0.05, 0) is 61.6 Å². The molecule has 0 bridgehead atoms. The third-order valence-electron chi connectivity index (χ3n) is 7.68. The number of aliphatic hydroxyl groups excluding tert-OH is 1. The minimum Gasteiger partial charge on any atom is -0.497 e. The Kier molecular flexibility index (Phi) is 8.72. The van der Waals surface area contributed by atoms with E-state index in [2.05, 4.69) is 20.6 Å². The Bertz CT molecular complexity index is 1440. The van der Waals surface area contributed by atoms with Crippen LogP contribution in [0.15, 0.2) is 42.6 Å². The zero-order chi connectivity index (χ0) is 29.1. The van der Waals surface area contributed by atoms with Gasteiger partial charge >= 0.3 is 0 Å². The van der Waals surface area contributed by atoms with Crippen molar-refractivity contribution in [2.45, 2.75) is 51.4 Å². The van der Waals surface area contributed by atoms with Crippen LogP contribution in [-0.2, 0) is 16.1 Å².